The van der Waals surface area contributed by atoms with E-state index in [-0.39, 0.29) is 5.97 Å². The number of carbonyl (C=O) groups is 1. The van der Waals surface area contributed by atoms with Gasteiger partial charge in [-0.2, -0.15) is 0 Å². The van der Waals surface area contributed by atoms with Crippen LogP contribution in [0.25, 0.3) is 11.0 Å². The second-order valence-electron chi connectivity index (χ2n) is 7.29. The van der Waals surface area contributed by atoms with Crippen LogP contribution >= 0.6 is 0 Å². The van der Waals surface area contributed by atoms with Crippen LogP contribution in [-0.4, -0.2) is 39.5 Å². The second-order valence-corrected chi connectivity index (χ2v) is 7.29. The zero-order valence-corrected chi connectivity index (χ0v) is 18.7. The van der Waals surface area contributed by atoms with Crippen LogP contribution in [0.1, 0.15) is 44.7 Å². The first-order valence-corrected chi connectivity index (χ1v) is 10.2. The van der Waals surface area contributed by atoms with E-state index in [0.717, 1.165) is 34.7 Å². The Morgan fingerprint density at radius 3 is 2.67 bits per heavy atom. The molecule has 0 fully saturated rings. The average molecular weight is 413 g/mol. The molecule has 0 bridgehead atoms. The molecule has 0 amide bonds. The quantitative estimate of drug-likeness (QED) is 0.692. The molecule has 0 saturated heterocycles. The van der Waals surface area contributed by atoms with Gasteiger partial charge in [-0.25, -0.2) is 4.98 Å². The van der Waals surface area contributed by atoms with Gasteiger partial charge < -0.3 is 19.7 Å². The zero-order valence-electron chi connectivity index (χ0n) is 18.7. The molecule has 7 heteroatoms. The lowest BCUT2D eigenvalue weighted by atomic mass is 10.1. The molecule has 1 aromatic carbocycles. The van der Waals surface area contributed by atoms with Gasteiger partial charge in [0.25, 0.3) is 0 Å². The number of ether oxygens (including phenoxy) is 1. The van der Waals surface area contributed by atoms with Gasteiger partial charge in [0.1, 0.15) is 5.76 Å². The molecule has 30 heavy (non-hydrogen) atoms. The highest BCUT2D eigenvalue weighted by molar-refractivity contribution is 5.96. The molecule has 162 valence electrons. The Hall–Kier alpha value is -3.09. The summed E-state index contributed by atoms with van der Waals surface area (Å²) in [5, 5.41) is 12.4. The topological polar surface area (TPSA) is 88.7 Å². The highest BCUT2D eigenvalue weighted by Gasteiger charge is 2.10. The molecule has 1 aromatic heterocycles. The summed E-state index contributed by atoms with van der Waals surface area (Å²) in [7, 11) is 1.97. The van der Waals surface area contributed by atoms with Crippen molar-refractivity contribution in [2.24, 2.45) is 12.0 Å². The summed E-state index contributed by atoms with van der Waals surface area (Å²) in [6.07, 6.45) is 4.86. The molecule has 1 aliphatic heterocycles. The summed E-state index contributed by atoms with van der Waals surface area (Å²) in [4.78, 5) is 20.0. The van der Waals surface area contributed by atoms with E-state index in [1.165, 1.54) is 5.56 Å². The molecular weight excluding hydrogens is 380 g/mol. The van der Waals surface area contributed by atoms with Crippen molar-refractivity contribution in [2.75, 3.05) is 18.5 Å². The number of aliphatic imine (C=N–C) groups is 1. The van der Waals surface area contributed by atoms with E-state index in [0.29, 0.717) is 31.0 Å². The molecule has 0 radical (unpaired) electrons. The van der Waals surface area contributed by atoms with Gasteiger partial charge in [0, 0.05) is 19.3 Å². The van der Waals surface area contributed by atoms with Gasteiger partial charge in [-0.1, -0.05) is 12.1 Å². The van der Waals surface area contributed by atoms with Crippen molar-refractivity contribution < 1.29 is 14.6 Å². The van der Waals surface area contributed by atoms with Crippen molar-refractivity contribution in [1.82, 2.24) is 9.55 Å². The van der Waals surface area contributed by atoms with Crippen molar-refractivity contribution in [3.63, 3.8) is 0 Å². The fourth-order valence-electron chi connectivity index (χ4n) is 3.16. The average Bonchev–Trinajstić information content (AvgIpc) is 2.90. The lowest BCUT2D eigenvalue weighted by Gasteiger charge is -2.06. The molecule has 0 atom stereocenters. The normalized spacial score (nSPS) is 13.5. The largest absolute Gasteiger partial charge is 0.506 e. The SMILES string of the molecule is CC1=CCC=C(O)C(C)=N1.CCOC(=O)CCNc1nc2c(C)cc(C)cc2n1C. The number of imidazole rings is 1. The standard InChI is InChI=1S/C15H21N3O2.C8H11NO/c1-5-20-13(19)6-7-16-15-17-14-11(3)8-10(2)9-12(14)18(15)4;1-6-4-3-5-8(10)7(2)9-6/h8-9H,5-7H2,1-4H3,(H,16,17);4-5,10H,3H2,1-2H3. The molecule has 0 spiro atoms. The molecule has 0 aliphatic carbocycles. The number of aromatic nitrogens is 2. The van der Waals surface area contributed by atoms with Gasteiger partial charge >= 0.3 is 5.97 Å². The highest BCUT2D eigenvalue weighted by atomic mass is 16.5. The Kier molecular flexibility index (Phi) is 8.21. The second kappa shape index (κ2) is 10.6. The summed E-state index contributed by atoms with van der Waals surface area (Å²) >= 11 is 0. The fourth-order valence-corrected chi connectivity index (χ4v) is 3.16. The van der Waals surface area contributed by atoms with Crippen molar-refractivity contribution in [3.8, 4) is 0 Å². The number of fused-ring (bicyclic) bond motifs is 1. The third-order valence-electron chi connectivity index (χ3n) is 4.68. The molecule has 1 aliphatic rings. The van der Waals surface area contributed by atoms with E-state index >= 15 is 0 Å². The van der Waals surface area contributed by atoms with Gasteiger partial charge in [-0.3, -0.25) is 9.79 Å². The molecule has 2 heterocycles. The summed E-state index contributed by atoms with van der Waals surface area (Å²) in [6, 6.07) is 4.24. The van der Waals surface area contributed by atoms with Crippen molar-refractivity contribution in [3.05, 3.63) is 46.9 Å². The van der Waals surface area contributed by atoms with Crippen molar-refractivity contribution >= 4 is 28.7 Å². The van der Waals surface area contributed by atoms with E-state index in [2.05, 4.69) is 41.3 Å². The van der Waals surface area contributed by atoms with Crippen LogP contribution in [0.2, 0.25) is 0 Å². The number of aliphatic hydroxyl groups excluding tert-OH is 1. The van der Waals surface area contributed by atoms with Crippen molar-refractivity contribution in [2.45, 2.75) is 47.5 Å². The Labute approximate surface area is 178 Å². The Bertz CT molecular complexity index is 1000. The van der Waals surface area contributed by atoms with Crippen LogP contribution in [0.4, 0.5) is 5.95 Å². The first-order valence-electron chi connectivity index (χ1n) is 10.2. The van der Waals surface area contributed by atoms with E-state index < -0.39 is 0 Å². The molecule has 2 N–H and O–H groups in total. The molecule has 0 saturated carbocycles. The maximum absolute atomic E-state index is 11.3. The lowest BCUT2D eigenvalue weighted by Crippen LogP contribution is -2.13. The summed E-state index contributed by atoms with van der Waals surface area (Å²) in [6.45, 7) is 10.6. The first-order chi connectivity index (χ1) is 14.2. The van der Waals surface area contributed by atoms with Crippen LogP contribution in [0.5, 0.6) is 0 Å². The summed E-state index contributed by atoms with van der Waals surface area (Å²) in [5.74, 6) is 0.886. The zero-order chi connectivity index (χ0) is 22.3. The van der Waals surface area contributed by atoms with Crippen LogP contribution in [0, 0.1) is 13.8 Å². The smallest absolute Gasteiger partial charge is 0.307 e. The predicted molar refractivity (Wildman–Crippen MR) is 122 cm³/mol. The van der Waals surface area contributed by atoms with Gasteiger partial charge in [-0.15, -0.1) is 0 Å². The van der Waals surface area contributed by atoms with Gasteiger partial charge in [-0.05, 0) is 64.3 Å². The number of aryl methyl sites for hydroxylation is 3. The van der Waals surface area contributed by atoms with E-state index in [1.54, 1.807) is 13.0 Å². The molecule has 3 rings (SSSR count). The number of hydrogen-bond acceptors (Lipinski definition) is 6. The maximum Gasteiger partial charge on any atom is 0.307 e. The fraction of sp³-hybridized carbons (Fsp3) is 0.435. The number of hydrogen-bond donors (Lipinski definition) is 2. The molecule has 2 aromatic rings. The minimum absolute atomic E-state index is 0.189. The minimum atomic E-state index is -0.189. The molecule has 7 nitrogen and oxygen atoms in total. The lowest BCUT2D eigenvalue weighted by molar-refractivity contribution is -0.142. The van der Waals surface area contributed by atoms with Crippen LogP contribution in [0.3, 0.4) is 0 Å². The number of nitrogens with zero attached hydrogens (tertiary/aromatic N) is 3. The number of nitrogens with one attached hydrogen (secondary N) is 1. The Balaban J connectivity index is 0.000000269. The number of rotatable bonds is 5. The maximum atomic E-state index is 11.3. The van der Waals surface area contributed by atoms with Crippen LogP contribution in [-0.2, 0) is 16.6 Å². The molecule has 0 unspecified atom stereocenters. The molecular formula is C23H32N4O3. The minimum Gasteiger partial charge on any atom is -0.506 e. The number of aliphatic hydroxyl groups is 1. The Morgan fingerprint density at radius 2 is 1.97 bits per heavy atom. The third-order valence-corrected chi connectivity index (χ3v) is 4.68. The van der Waals surface area contributed by atoms with Gasteiger partial charge in [0.15, 0.2) is 0 Å². The van der Waals surface area contributed by atoms with Crippen LogP contribution < -0.4 is 5.32 Å². The monoisotopic (exact) mass is 412 g/mol. The number of carbonyl (C=O) groups excluding carboxylic acids is 1. The summed E-state index contributed by atoms with van der Waals surface area (Å²) < 4.78 is 6.91. The van der Waals surface area contributed by atoms with Gasteiger partial charge in [0.2, 0.25) is 5.95 Å². The first kappa shape index (κ1) is 23.2. The Morgan fingerprint density at radius 1 is 1.23 bits per heavy atom. The predicted octanol–water partition coefficient (Wildman–Crippen LogP) is 4.75. The van der Waals surface area contributed by atoms with E-state index in [4.69, 9.17) is 4.74 Å². The summed E-state index contributed by atoms with van der Waals surface area (Å²) in [5.41, 5.74) is 6.15. The number of benzene rings is 1. The van der Waals surface area contributed by atoms with Crippen molar-refractivity contribution in [1.29, 1.82) is 0 Å². The number of esters is 1. The van der Waals surface area contributed by atoms with E-state index in [9.17, 15) is 9.90 Å². The number of allylic oxidation sites excluding steroid dienone is 4. The third kappa shape index (κ3) is 6.20. The number of anilines is 1. The van der Waals surface area contributed by atoms with E-state index in [1.807, 2.05) is 31.5 Å². The van der Waals surface area contributed by atoms with Gasteiger partial charge in [0.05, 0.1) is 29.8 Å². The van der Waals surface area contributed by atoms with Crippen LogP contribution in [0.15, 0.2) is 40.7 Å². The highest BCUT2D eigenvalue weighted by Crippen LogP contribution is 2.23.